The summed E-state index contributed by atoms with van der Waals surface area (Å²) < 4.78 is 0. The number of nitrogens with zero attached hydrogens (tertiary/aromatic N) is 1. The van der Waals surface area contributed by atoms with Crippen LogP contribution < -0.4 is 5.32 Å². The molecule has 0 aliphatic carbocycles. The van der Waals surface area contributed by atoms with E-state index in [1.807, 2.05) is 25.5 Å². The van der Waals surface area contributed by atoms with E-state index in [4.69, 9.17) is 0 Å². The maximum Gasteiger partial charge on any atom is 0.0332 e. The van der Waals surface area contributed by atoms with Gasteiger partial charge in [-0.1, -0.05) is 32.3 Å². The van der Waals surface area contributed by atoms with Crippen LogP contribution in [0.4, 0.5) is 0 Å². The first-order valence-corrected chi connectivity index (χ1v) is 5.45. The van der Waals surface area contributed by atoms with Crippen LogP contribution in [0.5, 0.6) is 0 Å². The first-order chi connectivity index (χ1) is 6.88. The molecule has 78 valence electrons. The summed E-state index contributed by atoms with van der Waals surface area (Å²) in [7, 11) is 2.02. The molecule has 0 aliphatic rings. The Bertz CT molecular complexity index is 233. The van der Waals surface area contributed by atoms with Crippen molar-refractivity contribution >= 4 is 0 Å². The third-order valence-corrected chi connectivity index (χ3v) is 2.53. The molecule has 2 nitrogen and oxygen atoms in total. The molecule has 1 rings (SSSR count). The summed E-state index contributed by atoms with van der Waals surface area (Å²) in [6, 6.07) is 4.61. The lowest BCUT2D eigenvalue weighted by Crippen LogP contribution is -2.16. The number of hydrogen-bond acceptors (Lipinski definition) is 2. The van der Waals surface area contributed by atoms with Gasteiger partial charge in [0.25, 0.3) is 0 Å². The van der Waals surface area contributed by atoms with Crippen molar-refractivity contribution in [2.24, 2.45) is 0 Å². The first-order valence-electron chi connectivity index (χ1n) is 5.45. The van der Waals surface area contributed by atoms with Crippen LogP contribution in [0, 0.1) is 0 Å². The van der Waals surface area contributed by atoms with Crippen molar-refractivity contribution in [3.05, 3.63) is 30.1 Å². The summed E-state index contributed by atoms with van der Waals surface area (Å²) in [5.74, 6) is 0. The van der Waals surface area contributed by atoms with Crippen molar-refractivity contribution in [1.82, 2.24) is 10.3 Å². The first kappa shape index (κ1) is 11.2. The van der Waals surface area contributed by atoms with Crippen LogP contribution in [0.2, 0.25) is 0 Å². The lowest BCUT2D eigenvalue weighted by molar-refractivity contribution is 0.511. The van der Waals surface area contributed by atoms with Crippen LogP contribution in [-0.2, 0) is 0 Å². The van der Waals surface area contributed by atoms with Crippen molar-refractivity contribution in [1.29, 1.82) is 0 Å². The predicted molar refractivity (Wildman–Crippen MR) is 60.2 cm³/mol. The maximum atomic E-state index is 4.14. The molecule has 0 bridgehead atoms. The molecule has 14 heavy (non-hydrogen) atoms. The van der Waals surface area contributed by atoms with Gasteiger partial charge in [0.05, 0.1) is 0 Å². The van der Waals surface area contributed by atoms with E-state index in [1.54, 1.807) is 0 Å². The topological polar surface area (TPSA) is 24.9 Å². The largest absolute Gasteiger partial charge is 0.313 e. The third-order valence-electron chi connectivity index (χ3n) is 2.53. The zero-order valence-corrected chi connectivity index (χ0v) is 9.16. The lowest BCUT2D eigenvalue weighted by Gasteiger charge is -2.15. The maximum absolute atomic E-state index is 4.14. The zero-order valence-electron chi connectivity index (χ0n) is 9.16. The molecule has 1 atom stereocenters. The fourth-order valence-corrected chi connectivity index (χ4v) is 1.66. The van der Waals surface area contributed by atoms with Gasteiger partial charge in [0.1, 0.15) is 0 Å². The number of nitrogens with one attached hydrogen (secondary N) is 1. The molecule has 0 radical (unpaired) electrons. The number of pyridine rings is 1. The van der Waals surface area contributed by atoms with Crippen molar-refractivity contribution in [2.45, 2.75) is 38.6 Å². The van der Waals surface area contributed by atoms with Gasteiger partial charge in [-0.15, -0.1) is 0 Å². The standard InChI is InChI=1S/C12H20N2/c1-3-4-5-8-12(13-2)11-7-6-9-14-10-11/h6-7,9-10,12-13H,3-5,8H2,1-2H3. The van der Waals surface area contributed by atoms with Gasteiger partial charge in [-0.3, -0.25) is 4.98 Å². The summed E-state index contributed by atoms with van der Waals surface area (Å²) >= 11 is 0. The molecule has 0 aromatic carbocycles. The monoisotopic (exact) mass is 192 g/mol. The SMILES string of the molecule is CCCCCC(NC)c1cccnc1. The second-order valence-corrected chi connectivity index (χ2v) is 3.62. The Kier molecular flexibility index (Phi) is 5.23. The van der Waals surface area contributed by atoms with Gasteiger partial charge < -0.3 is 5.32 Å². The van der Waals surface area contributed by atoms with Crippen LogP contribution >= 0.6 is 0 Å². The van der Waals surface area contributed by atoms with Crippen molar-refractivity contribution in [3.63, 3.8) is 0 Å². The van der Waals surface area contributed by atoms with E-state index in [1.165, 1.54) is 31.2 Å². The predicted octanol–water partition coefficient (Wildman–Crippen LogP) is 2.92. The van der Waals surface area contributed by atoms with Gasteiger partial charge in [-0.05, 0) is 25.1 Å². The average Bonchev–Trinajstić information content (AvgIpc) is 2.26. The highest BCUT2D eigenvalue weighted by molar-refractivity contribution is 5.13. The van der Waals surface area contributed by atoms with E-state index in [0.29, 0.717) is 6.04 Å². The number of hydrogen-bond donors (Lipinski definition) is 1. The molecule has 0 fully saturated rings. The van der Waals surface area contributed by atoms with E-state index < -0.39 is 0 Å². The summed E-state index contributed by atoms with van der Waals surface area (Å²) in [4.78, 5) is 4.14. The van der Waals surface area contributed by atoms with Crippen LogP contribution in [0.1, 0.15) is 44.2 Å². The smallest absolute Gasteiger partial charge is 0.0332 e. The summed E-state index contributed by atoms with van der Waals surface area (Å²) in [6.45, 7) is 2.23. The lowest BCUT2D eigenvalue weighted by atomic mass is 10.0. The Labute approximate surface area is 86.8 Å². The molecule has 1 unspecified atom stereocenters. The van der Waals surface area contributed by atoms with Gasteiger partial charge in [0.15, 0.2) is 0 Å². The fourth-order valence-electron chi connectivity index (χ4n) is 1.66. The molecule has 1 N–H and O–H groups in total. The van der Waals surface area contributed by atoms with E-state index >= 15 is 0 Å². The average molecular weight is 192 g/mol. The normalized spacial score (nSPS) is 12.7. The van der Waals surface area contributed by atoms with Gasteiger partial charge in [0.2, 0.25) is 0 Å². The van der Waals surface area contributed by atoms with Crippen molar-refractivity contribution in [2.75, 3.05) is 7.05 Å². The second kappa shape index (κ2) is 6.55. The summed E-state index contributed by atoms with van der Waals surface area (Å²) in [6.07, 6.45) is 8.87. The van der Waals surface area contributed by atoms with E-state index in [9.17, 15) is 0 Å². The van der Waals surface area contributed by atoms with Crippen LogP contribution in [0.3, 0.4) is 0 Å². The van der Waals surface area contributed by atoms with Gasteiger partial charge in [-0.2, -0.15) is 0 Å². The molecule has 1 heterocycles. The molecular weight excluding hydrogens is 172 g/mol. The number of unbranched alkanes of at least 4 members (excludes halogenated alkanes) is 2. The Morgan fingerprint density at radius 1 is 1.43 bits per heavy atom. The van der Waals surface area contributed by atoms with Gasteiger partial charge >= 0.3 is 0 Å². The molecule has 0 amide bonds. The van der Waals surface area contributed by atoms with E-state index in [2.05, 4.69) is 23.3 Å². The summed E-state index contributed by atoms with van der Waals surface area (Å²) in [5.41, 5.74) is 1.30. The molecule has 1 aromatic heterocycles. The zero-order chi connectivity index (χ0) is 10.2. The van der Waals surface area contributed by atoms with Crippen molar-refractivity contribution < 1.29 is 0 Å². The Morgan fingerprint density at radius 3 is 2.86 bits per heavy atom. The Balaban J connectivity index is 2.46. The van der Waals surface area contributed by atoms with Crippen LogP contribution in [-0.4, -0.2) is 12.0 Å². The van der Waals surface area contributed by atoms with E-state index in [-0.39, 0.29) is 0 Å². The van der Waals surface area contributed by atoms with Crippen LogP contribution in [0.25, 0.3) is 0 Å². The quantitative estimate of drug-likeness (QED) is 0.701. The summed E-state index contributed by atoms with van der Waals surface area (Å²) in [5, 5.41) is 3.34. The molecular formula is C12H20N2. The highest BCUT2D eigenvalue weighted by atomic mass is 14.9. The minimum Gasteiger partial charge on any atom is -0.313 e. The fraction of sp³-hybridized carbons (Fsp3) is 0.583. The molecule has 0 saturated heterocycles. The van der Waals surface area contributed by atoms with Gasteiger partial charge in [-0.25, -0.2) is 0 Å². The molecule has 1 aromatic rings. The molecule has 0 aliphatic heterocycles. The molecule has 2 heteroatoms. The van der Waals surface area contributed by atoms with Crippen molar-refractivity contribution in [3.8, 4) is 0 Å². The van der Waals surface area contributed by atoms with Crippen LogP contribution in [0.15, 0.2) is 24.5 Å². The number of aromatic nitrogens is 1. The molecule has 0 saturated carbocycles. The molecule has 0 spiro atoms. The van der Waals surface area contributed by atoms with E-state index in [0.717, 1.165) is 0 Å². The highest BCUT2D eigenvalue weighted by Gasteiger charge is 2.07. The minimum absolute atomic E-state index is 0.468. The van der Waals surface area contributed by atoms with Gasteiger partial charge in [0, 0.05) is 18.4 Å². The highest BCUT2D eigenvalue weighted by Crippen LogP contribution is 2.17. The minimum atomic E-state index is 0.468. The Hall–Kier alpha value is -0.890. The second-order valence-electron chi connectivity index (χ2n) is 3.62. The Morgan fingerprint density at radius 2 is 2.29 bits per heavy atom. The number of rotatable bonds is 6. The third kappa shape index (κ3) is 3.46.